The number of ether oxygens (including phenoxy) is 3. The predicted molar refractivity (Wildman–Crippen MR) is 72.5 cm³/mol. The van der Waals surface area contributed by atoms with E-state index >= 15 is 0 Å². The molecule has 1 aromatic rings. The Labute approximate surface area is 122 Å². The van der Waals surface area contributed by atoms with Crippen molar-refractivity contribution in [3.05, 3.63) is 35.9 Å². The van der Waals surface area contributed by atoms with Gasteiger partial charge in [0.25, 0.3) is 0 Å². The predicted octanol–water partition coefficient (Wildman–Crippen LogP) is 1.69. The lowest BCUT2D eigenvalue weighted by Crippen LogP contribution is -2.53. The zero-order valence-corrected chi connectivity index (χ0v) is 12.2. The highest BCUT2D eigenvalue weighted by Crippen LogP contribution is 2.42. The van der Waals surface area contributed by atoms with Gasteiger partial charge in [0, 0.05) is 7.11 Å². The van der Waals surface area contributed by atoms with Crippen molar-refractivity contribution in [3.63, 3.8) is 0 Å². The fourth-order valence-corrected chi connectivity index (χ4v) is 2.25. The van der Waals surface area contributed by atoms with Gasteiger partial charge in [0.15, 0.2) is 12.0 Å². The van der Waals surface area contributed by atoms with E-state index < -0.39 is 29.6 Å². The summed E-state index contributed by atoms with van der Waals surface area (Å²) in [5.74, 6) is -0.559. The maximum atomic E-state index is 14.5. The molecule has 0 saturated carbocycles. The van der Waals surface area contributed by atoms with Crippen LogP contribution in [0.15, 0.2) is 30.3 Å². The molecule has 0 radical (unpaired) electrons. The first-order valence-electron chi connectivity index (χ1n) is 6.62. The van der Waals surface area contributed by atoms with Gasteiger partial charge in [0.1, 0.15) is 18.3 Å². The number of carbonyl (C=O) groups excluding carboxylic acids is 1. The highest BCUT2D eigenvalue weighted by Gasteiger charge is 2.63. The van der Waals surface area contributed by atoms with Crippen LogP contribution in [0.1, 0.15) is 24.2 Å². The number of hydrogen-bond donors (Lipinski definition) is 1. The molecule has 0 spiro atoms. The number of esters is 1. The Balaban J connectivity index is 2.02. The molecule has 1 aliphatic heterocycles. The fraction of sp³-hybridized carbons (Fsp3) is 0.533. The molecule has 1 aliphatic rings. The number of alkyl halides is 1. The van der Waals surface area contributed by atoms with Crippen LogP contribution in [0.3, 0.4) is 0 Å². The van der Waals surface area contributed by atoms with E-state index in [4.69, 9.17) is 14.2 Å². The molecule has 116 valence electrons. The average Bonchev–Trinajstić information content (AvgIpc) is 2.63. The number of carbonyl (C=O) groups is 1. The highest BCUT2D eigenvalue weighted by molar-refractivity contribution is 5.89. The van der Waals surface area contributed by atoms with E-state index in [0.717, 1.165) is 0 Å². The summed E-state index contributed by atoms with van der Waals surface area (Å²) in [4.78, 5) is 11.8. The Bertz CT molecular complexity index is 500. The maximum absolute atomic E-state index is 14.5. The van der Waals surface area contributed by atoms with Crippen molar-refractivity contribution in [2.75, 3.05) is 13.7 Å². The lowest BCUT2D eigenvalue weighted by molar-refractivity contribution is -0.165. The molecule has 1 heterocycles. The molecule has 0 aliphatic carbocycles. The minimum Gasteiger partial charge on any atom is -0.459 e. The molecule has 6 heteroatoms. The summed E-state index contributed by atoms with van der Waals surface area (Å²) in [6, 6.07) is 8.40. The Morgan fingerprint density at radius 3 is 2.52 bits per heavy atom. The van der Waals surface area contributed by atoms with Gasteiger partial charge in [-0.2, -0.15) is 0 Å². The summed E-state index contributed by atoms with van der Waals surface area (Å²) in [6.45, 7) is 2.23. The van der Waals surface area contributed by atoms with E-state index in [1.807, 2.05) is 0 Å². The van der Waals surface area contributed by atoms with Crippen LogP contribution in [0.4, 0.5) is 4.39 Å². The third-order valence-corrected chi connectivity index (χ3v) is 3.94. The van der Waals surface area contributed by atoms with E-state index in [1.165, 1.54) is 21.0 Å². The number of benzene rings is 1. The van der Waals surface area contributed by atoms with Crippen molar-refractivity contribution in [1.82, 2.24) is 0 Å². The summed E-state index contributed by atoms with van der Waals surface area (Å²) < 4.78 is 29.8. The number of halogens is 1. The van der Waals surface area contributed by atoms with E-state index in [0.29, 0.717) is 5.56 Å². The molecule has 1 fully saturated rings. The van der Waals surface area contributed by atoms with Gasteiger partial charge in [0.05, 0.1) is 5.56 Å². The third-order valence-electron chi connectivity index (χ3n) is 3.94. The molecular weight excluding hydrogens is 279 g/mol. The zero-order valence-electron chi connectivity index (χ0n) is 12.2. The smallest absolute Gasteiger partial charge is 0.338 e. The van der Waals surface area contributed by atoms with Crippen LogP contribution in [-0.4, -0.2) is 48.5 Å². The maximum Gasteiger partial charge on any atom is 0.338 e. The monoisotopic (exact) mass is 298 g/mol. The first-order chi connectivity index (χ1) is 9.80. The standard InChI is InChI=1S/C15H19FO5/c1-14(16)13(19-3)21-11(15(14,2)18)9-20-12(17)10-7-5-4-6-8-10/h4-8,11,13,18H,9H2,1-3H3/t11-,13?,14+,15?/m1/s1. The second-order valence-electron chi connectivity index (χ2n) is 5.38. The van der Waals surface area contributed by atoms with Gasteiger partial charge in [-0.1, -0.05) is 18.2 Å². The van der Waals surface area contributed by atoms with E-state index in [-0.39, 0.29) is 6.61 Å². The number of methoxy groups -OCH3 is 1. The molecule has 0 aromatic heterocycles. The van der Waals surface area contributed by atoms with Gasteiger partial charge >= 0.3 is 5.97 Å². The summed E-state index contributed by atoms with van der Waals surface area (Å²) in [7, 11) is 1.29. The van der Waals surface area contributed by atoms with Crippen LogP contribution in [0.25, 0.3) is 0 Å². The van der Waals surface area contributed by atoms with Crippen molar-refractivity contribution in [1.29, 1.82) is 0 Å². The minimum absolute atomic E-state index is 0.264. The van der Waals surface area contributed by atoms with Gasteiger partial charge in [-0.05, 0) is 26.0 Å². The molecule has 1 aromatic carbocycles. The van der Waals surface area contributed by atoms with Crippen molar-refractivity contribution in [3.8, 4) is 0 Å². The number of aliphatic hydroxyl groups is 1. The summed E-state index contributed by atoms with van der Waals surface area (Å²) in [6.07, 6.45) is -2.22. The summed E-state index contributed by atoms with van der Waals surface area (Å²) in [5.41, 5.74) is -3.56. The SMILES string of the molecule is COC1O[C@H](COC(=O)c2ccccc2)C(C)(O)[C@@]1(C)F. The van der Waals surface area contributed by atoms with Gasteiger partial charge in [0.2, 0.25) is 0 Å². The number of rotatable bonds is 4. The first kappa shape index (κ1) is 15.9. The van der Waals surface area contributed by atoms with Crippen molar-refractivity contribution in [2.45, 2.75) is 37.5 Å². The minimum atomic E-state index is -2.11. The lowest BCUT2D eigenvalue weighted by atomic mass is 9.85. The Hall–Kier alpha value is -1.50. The molecule has 5 nitrogen and oxygen atoms in total. The average molecular weight is 298 g/mol. The van der Waals surface area contributed by atoms with Crippen molar-refractivity contribution in [2.24, 2.45) is 0 Å². The van der Waals surface area contributed by atoms with Crippen LogP contribution in [0.2, 0.25) is 0 Å². The van der Waals surface area contributed by atoms with Crippen molar-refractivity contribution < 1.29 is 28.5 Å². The molecule has 2 unspecified atom stereocenters. The third kappa shape index (κ3) is 2.79. The van der Waals surface area contributed by atoms with Gasteiger partial charge in [-0.25, -0.2) is 9.18 Å². The largest absolute Gasteiger partial charge is 0.459 e. The fourth-order valence-electron chi connectivity index (χ4n) is 2.25. The van der Waals surface area contributed by atoms with Crippen LogP contribution in [0, 0.1) is 0 Å². The molecule has 2 rings (SSSR count). The Morgan fingerprint density at radius 1 is 1.38 bits per heavy atom. The second-order valence-corrected chi connectivity index (χ2v) is 5.38. The molecule has 1 saturated heterocycles. The van der Waals surface area contributed by atoms with Crippen LogP contribution >= 0.6 is 0 Å². The first-order valence-corrected chi connectivity index (χ1v) is 6.62. The molecule has 4 atom stereocenters. The van der Waals surface area contributed by atoms with Crippen molar-refractivity contribution >= 4 is 5.97 Å². The molecular formula is C15H19FO5. The van der Waals surface area contributed by atoms with Crippen LogP contribution in [0.5, 0.6) is 0 Å². The molecule has 0 bridgehead atoms. The lowest BCUT2D eigenvalue weighted by Gasteiger charge is -2.32. The summed E-state index contributed by atoms with van der Waals surface area (Å²) >= 11 is 0. The molecule has 21 heavy (non-hydrogen) atoms. The second kappa shape index (κ2) is 5.71. The quantitative estimate of drug-likeness (QED) is 0.857. The summed E-state index contributed by atoms with van der Waals surface area (Å²) in [5, 5.41) is 10.3. The Kier molecular flexibility index (Phi) is 4.32. The van der Waals surface area contributed by atoms with Gasteiger partial charge < -0.3 is 19.3 Å². The molecule has 1 N–H and O–H groups in total. The van der Waals surface area contributed by atoms with Crippen LogP contribution in [-0.2, 0) is 14.2 Å². The van der Waals surface area contributed by atoms with Gasteiger partial charge in [-0.15, -0.1) is 0 Å². The highest BCUT2D eigenvalue weighted by atomic mass is 19.1. The van der Waals surface area contributed by atoms with E-state index in [9.17, 15) is 14.3 Å². The molecule has 0 amide bonds. The zero-order chi connectivity index (χ0) is 15.7. The van der Waals surface area contributed by atoms with E-state index in [2.05, 4.69) is 0 Å². The van der Waals surface area contributed by atoms with Gasteiger partial charge in [-0.3, -0.25) is 0 Å². The Morgan fingerprint density at radius 2 is 2.00 bits per heavy atom. The topological polar surface area (TPSA) is 65.0 Å². The number of hydrogen-bond acceptors (Lipinski definition) is 5. The van der Waals surface area contributed by atoms with Crippen LogP contribution < -0.4 is 0 Å². The normalized spacial score (nSPS) is 35.7. The van der Waals surface area contributed by atoms with E-state index in [1.54, 1.807) is 30.3 Å².